The minimum absolute atomic E-state index is 0.220. The van der Waals surface area contributed by atoms with Crippen LogP contribution in [0.1, 0.15) is 10.4 Å². The van der Waals surface area contributed by atoms with Crippen molar-refractivity contribution in [2.45, 2.75) is 0 Å². The van der Waals surface area contributed by atoms with Gasteiger partial charge in [0.1, 0.15) is 4.98 Å². The quantitative estimate of drug-likeness (QED) is 0.572. The number of nitrogens with zero attached hydrogens (tertiary/aromatic N) is 3. The zero-order valence-electron chi connectivity index (χ0n) is 6.07. The van der Waals surface area contributed by atoms with Crippen molar-refractivity contribution < 1.29 is 4.79 Å². The Hall–Kier alpha value is -1.28. The molecule has 0 amide bonds. The molecule has 12 heavy (non-hydrogen) atoms. The van der Waals surface area contributed by atoms with Crippen LogP contribution in [0.15, 0.2) is 22.9 Å². The van der Waals surface area contributed by atoms with Crippen molar-refractivity contribution in [2.24, 2.45) is 0 Å². The van der Waals surface area contributed by atoms with Gasteiger partial charge in [-0.1, -0.05) is 0 Å². The van der Waals surface area contributed by atoms with E-state index in [0.717, 1.165) is 0 Å². The molecule has 1 rings (SSSR count). The molecule has 0 saturated carbocycles. The van der Waals surface area contributed by atoms with Crippen LogP contribution < -0.4 is 0 Å². The third kappa shape index (κ3) is 1.86. The number of aromatic nitrogens is 1. The molecule has 0 aliphatic carbocycles. The number of carbonyl (C=O) groups is 1. The Morgan fingerprint density at radius 2 is 2.50 bits per heavy atom. The molecule has 0 spiro atoms. The second kappa shape index (κ2) is 3.93. The van der Waals surface area contributed by atoms with Gasteiger partial charge in [-0.2, -0.15) is 0 Å². The smallest absolute Gasteiger partial charge is 0.285 e. The summed E-state index contributed by atoms with van der Waals surface area (Å²) in [6.45, 7) is -0.220. The second-order valence-corrected chi connectivity index (χ2v) is 2.93. The van der Waals surface area contributed by atoms with E-state index in [1.165, 1.54) is 12.4 Å². The first-order valence-corrected chi connectivity index (χ1v) is 3.98. The molecule has 0 atom stereocenters. The van der Waals surface area contributed by atoms with E-state index < -0.39 is 0 Å². The van der Waals surface area contributed by atoms with Gasteiger partial charge in [-0.05, 0) is 22.0 Å². The van der Waals surface area contributed by atoms with Gasteiger partial charge < -0.3 is 0 Å². The Bertz CT molecular complexity index is 345. The maximum atomic E-state index is 11.2. The number of hydrogen-bond donors (Lipinski definition) is 0. The van der Waals surface area contributed by atoms with E-state index in [1.54, 1.807) is 6.07 Å². The van der Waals surface area contributed by atoms with Crippen molar-refractivity contribution in [3.05, 3.63) is 33.5 Å². The maximum absolute atomic E-state index is 11.2. The van der Waals surface area contributed by atoms with E-state index in [-0.39, 0.29) is 12.3 Å². The monoisotopic (exact) mass is 226 g/mol. The fourth-order valence-corrected chi connectivity index (χ4v) is 1.22. The number of rotatable bonds is 2. The summed E-state index contributed by atoms with van der Waals surface area (Å²) >= 11 is 3.16. The lowest BCUT2D eigenvalue weighted by molar-refractivity contribution is 0.101. The zero-order valence-corrected chi connectivity index (χ0v) is 7.65. The molecular weight excluding hydrogens is 222 g/mol. The van der Waals surface area contributed by atoms with Crippen LogP contribution in [0.4, 0.5) is 0 Å². The Morgan fingerprint density at radius 3 is 3.08 bits per heavy atom. The lowest BCUT2D eigenvalue weighted by Gasteiger charge is -1.94. The average molecular weight is 227 g/mol. The summed E-state index contributed by atoms with van der Waals surface area (Å²) in [5, 5.41) is 8.16. The lowest BCUT2D eigenvalue weighted by atomic mass is 10.2. The van der Waals surface area contributed by atoms with Crippen molar-refractivity contribution >= 4 is 21.7 Å². The fourth-order valence-electron chi connectivity index (χ4n) is 0.751. The molecule has 0 N–H and O–H groups in total. The fraction of sp³-hybridized carbons (Fsp3) is 0.143. The van der Waals surface area contributed by atoms with Crippen LogP contribution in [-0.2, 0) is 0 Å². The number of diazo groups is 1. The first-order valence-electron chi connectivity index (χ1n) is 3.19. The number of pyridine rings is 1. The third-order valence-corrected chi connectivity index (χ3v) is 1.92. The molecule has 1 aromatic rings. The summed E-state index contributed by atoms with van der Waals surface area (Å²) in [4.78, 5) is 17.7. The summed E-state index contributed by atoms with van der Waals surface area (Å²) in [6, 6.07) is 1.57. The number of hydrogen-bond acceptors (Lipinski definition) is 3. The normalized spacial score (nSPS) is 9.00. The highest BCUT2D eigenvalue weighted by molar-refractivity contribution is 9.10. The molecule has 0 bridgehead atoms. The molecule has 0 aliphatic heterocycles. The maximum Gasteiger partial charge on any atom is 0.367 e. The Labute approximate surface area is 77.4 Å². The van der Waals surface area contributed by atoms with Gasteiger partial charge in [-0.25, -0.2) is 0 Å². The first kappa shape index (κ1) is 8.81. The molecule has 0 saturated heterocycles. The molecule has 0 aliphatic rings. The summed E-state index contributed by atoms with van der Waals surface area (Å²) in [6.07, 6.45) is 3.03. The molecular formula is C7H5BrN3O+. The summed E-state index contributed by atoms with van der Waals surface area (Å²) < 4.78 is 0.610. The number of carbonyl (C=O) groups excluding carboxylic acids is 1. The summed E-state index contributed by atoms with van der Waals surface area (Å²) in [7, 11) is 0. The van der Waals surface area contributed by atoms with Crippen molar-refractivity contribution in [3.63, 3.8) is 0 Å². The highest BCUT2D eigenvalue weighted by Gasteiger charge is 2.14. The topological polar surface area (TPSA) is 58.1 Å². The largest absolute Gasteiger partial charge is 0.367 e. The van der Waals surface area contributed by atoms with Crippen molar-refractivity contribution in [1.82, 2.24) is 4.98 Å². The van der Waals surface area contributed by atoms with Gasteiger partial charge in [0, 0.05) is 22.4 Å². The van der Waals surface area contributed by atoms with Crippen LogP contribution in [0.3, 0.4) is 0 Å². The molecule has 0 aromatic carbocycles. The van der Waals surface area contributed by atoms with Gasteiger partial charge in [0.05, 0.1) is 0 Å². The molecule has 0 fully saturated rings. The van der Waals surface area contributed by atoms with Crippen LogP contribution in [0, 0.1) is 5.39 Å². The zero-order chi connectivity index (χ0) is 8.97. The van der Waals surface area contributed by atoms with E-state index in [0.29, 0.717) is 10.0 Å². The predicted octanol–water partition coefficient (Wildman–Crippen LogP) is 1.88. The molecule has 4 nitrogen and oxygen atoms in total. The van der Waals surface area contributed by atoms with Gasteiger partial charge in [-0.3, -0.25) is 9.78 Å². The van der Waals surface area contributed by atoms with Gasteiger partial charge in [0.25, 0.3) is 5.78 Å². The Kier molecular flexibility index (Phi) is 2.88. The Balaban J connectivity index is 2.97. The van der Waals surface area contributed by atoms with Gasteiger partial charge in [0.15, 0.2) is 0 Å². The molecule has 5 heteroatoms. The number of ketones is 1. The number of halogens is 1. The minimum Gasteiger partial charge on any atom is -0.285 e. The van der Waals surface area contributed by atoms with Gasteiger partial charge in [0.2, 0.25) is 5.39 Å². The van der Waals surface area contributed by atoms with E-state index in [1.807, 2.05) is 0 Å². The van der Waals surface area contributed by atoms with Crippen molar-refractivity contribution in [3.8, 4) is 0 Å². The standard InChI is InChI=1S/C7H5BrN3O/c8-6-3-10-2-1-5(6)7(12)4-11-9/h1-3H,4H2/q+1. The first-order chi connectivity index (χ1) is 5.75. The van der Waals surface area contributed by atoms with Crippen LogP contribution in [0.5, 0.6) is 0 Å². The van der Waals surface area contributed by atoms with E-state index in [2.05, 4.69) is 25.9 Å². The van der Waals surface area contributed by atoms with E-state index in [9.17, 15) is 4.79 Å². The van der Waals surface area contributed by atoms with Crippen LogP contribution in [0.2, 0.25) is 0 Å². The Morgan fingerprint density at radius 1 is 1.75 bits per heavy atom. The lowest BCUT2D eigenvalue weighted by Crippen LogP contribution is -2.02. The summed E-state index contributed by atoms with van der Waals surface area (Å²) in [5.74, 6) is -0.244. The van der Waals surface area contributed by atoms with Crippen molar-refractivity contribution in [1.29, 1.82) is 5.39 Å². The molecule has 1 heterocycles. The molecule has 60 valence electrons. The minimum atomic E-state index is -0.244. The van der Waals surface area contributed by atoms with Crippen LogP contribution in [0.25, 0.3) is 4.98 Å². The molecule has 0 radical (unpaired) electrons. The van der Waals surface area contributed by atoms with Crippen LogP contribution >= 0.6 is 15.9 Å². The number of Topliss-reactive ketones (excluding diaryl/α,β-unsaturated/α-hetero) is 1. The molecule has 1 aromatic heterocycles. The van der Waals surface area contributed by atoms with Gasteiger partial charge in [-0.15, -0.1) is 0 Å². The molecule has 0 unspecified atom stereocenters. The highest BCUT2D eigenvalue weighted by atomic mass is 79.9. The average Bonchev–Trinajstić information content (AvgIpc) is 2.05. The highest BCUT2D eigenvalue weighted by Crippen LogP contribution is 2.14. The van der Waals surface area contributed by atoms with Crippen molar-refractivity contribution in [2.75, 3.05) is 6.54 Å². The predicted molar refractivity (Wildman–Crippen MR) is 46.2 cm³/mol. The second-order valence-electron chi connectivity index (χ2n) is 2.08. The third-order valence-electron chi connectivity index (χ3n) is 1.29. The van der Waals surface area contributed by atoms with Crippen LogP contribution in [-0.4, -0.2) is 17.3 Å². The SMILES string of the molecule is N#[N+]CC(=O)c1ccncc1Br. The summed E-state index contributed by atoms with van der Waals surface area (Å²) in [5.41, 5.74) is 0.475. The van der Waals surface area contributed by atoms with E-state index >= 15 is 0 Å². The van der Waals surface area contributed by atoms with E-state index in [4.69, 9.17) is 5.39 Å². The van der Waals surface area contributed by atoms with Gasteiger partial charge >= 0.3 is 6.54 Å².